The third-order valence-electron chi connectivity index (χ3n) is 7.12. The molecule has 0 aliphatic heterocycles. The lowest BCUT2D eigenvalue weighted by molar-refractivity contribution is -0.118. The summed E-state index contributed by atoms with van der Waals surface area (Å²) in [5.74, 6) is 1.35. The molecule has 0 aliphatic carbocycles. The van der Waals surface area contributed by atoms with E-state index in [2.05, 4.69) is 68.6 Å². The molecule has 1 N–H and O–H groups in total. The molecule has 8 nitrogen and oxygen atoms in total. The molecule has 4 aromatic carbocycles. The van der Waals surface area contributed by atoms with E-state index in [1.165, 1.54) is 33.6 Å². The molecule has 2 heterocycles. The molecule has 0 unspecified atom stereocenters. The number of amides is 1. The van der Waals surface area contributed by atoms with Gasteiger partial charge < -0.3 is 9.30 Å². The van der Waals surface area contributed by atoms with Crippen molar-refractivity contribution in [1.82, 2.24) is 24.8 Å². The number of methoxy groups -OCH3 is 1. The second kappa shape index (κ2) is 11.9. The maximum atomic E-state index is 12.8. The molecule has 0 fully saturated rings. The van der Waals surface area contributed by atoms with E-state index < -0.39 is 0 Å². The van der Waals surface area contributed by atoms with Gasteiger partial charge in [-0.15, -0.1) is 10.2 Å². The number of nitrogens with one attached hydrogen (secondary N) is 1. The fraction of sp³-hybridized carbons (Fsp3) is 0.152. The normalized spacial score (nSPS) is 11.5. The maximum absolute atomic E-state index is 12.8. The summed E-state index contributed by atoms with van der Waals surface area (Å²) < 4.78 is 9.57. The monoisotopic (exact) mass is 574 g/mol. The van der Waals surface area contributed by atoms with E-state index in [4.69, 9.17) is 4.74 Å². The Morgan fingerprint density at radius 1 is 0.952 bits per heavy atom. The van der Waals surface area contributed by atoms with Crippen LogP contribution in [-0.2, 0) is 11.3 Å². The number of benzene rings is 4. The molecule has 0 bridgehead atoms. The standard InChI is InChI=1S/C33H30N6O2S/c1-4-38-29-8-6-5-7-27(29)28-19-23(11-18-30(28)38)20-34-35-31(40)21-42-33-37-36-32(24-12-16-26(41-3)17-13-24)39(33)25-14-9-22(2)10-15-25/h5-20H,4,21H2,1-3H3,(H,35,40)/b34-20-. The fourth-order valence-corrected chi connectivity index (χ4v) is 5.79. The van der Waals surface area contributed by atoms with Crippen LogP contribution in [0.5, 0.6) is 5.75 Å². The molecule has 210 valence electrons. The van der Waals surface area contributed by atoms with Crippen LogP contribution in [0.2, 0.25) is 0 Å². The number of ether oxygens (including phenoxy) is 1. The number of fused-ring (bicyclic) bond motifs is 3. The van der Waals surface area contributed by atoms with Gasteiger partial charge in [-0.1, -0.05) is 53.7 Å². The molecular weight excluding hydrogens is 544 g/mol. The van der Waals surface area contributed by atoms with Crippen molar-refractivity contribution in [3.8, 4) is 22.8 Å². The molecule has 0 spiro atoms. The van der Waals surface area contributed by atoms with E-state index in [-0.39, 0.29) is 11.7 Å². The van der Waals surface area contributed by atoms with Crippen molar-refractivity contribution in [3.05, 3.63) is 102 Å². The fourth-order valence-electron chi connectivity index (χ4n) is 5.05. The smallest absolute Gasteiger partial charge is 0.250 e. The Morgan fingerprint density at radius 2 is 1.71 bits per heavy atom. The number of aryl methyl sites for hydroxylation is 2. The zero-order chi connectivity index (χ0) is 29.1. The lowest BCUT2D eigenvalue weighted by Gasteiger charge is -2.11. The van der Waals surface area contributed by atoms with Crippen LogP contribution in [-0.4, -0.2) is 44.3 Å². The Balaban J connectivity index is 1.18. The third-order valence-corrected chi connectivity index (χ3v) is 8.05. The average Bonchev–Trinajstić information content (AvgIpc) is 3.59. The van der Waals surface area contributed by atoms with Crippen LogP contribution in [0.1, 0.15) is 18.1 Å². The first-order valence-corrected chi connectivity index (χ1v) is 14.7. The number of hydrogen-bond acceptors (Lipinski definition) is 6. The Kier molecular flexibility index (Phi) is 7.74. The van der Waals surface area contributed by atoms with E-state index in [9.17, 15) is 4.79 Å². The van der Waals surface area contributed by atoms with Crippen molar-refractivity contribution in [2.75, 3.05) is 12.9 Å². The number of para-hydroxylation sites is 1. The number of carbonyl (C=O) groups is 1. The van der Waals surface area contributed by atoms with Gasteiger partial charge in [-0.2, -0.15) is 5.10 Å². The molecule has 0 saturated carbocycles. The summed E-state index contributed by atoms with van der Waals surface area (Å²) >= 11 is 1.31. The number of hydrazone groups is 1. The Bertz CT molecular complexity index is 1910. The molecule has 2 aromatic heterocycles. The van der Waals surface area contributed by atoms with Crippen molar-refractivity contribution >= 4 is 45.7 Å². The minimum atomic E-state index is -0.232. The maximum Gasteiger partial charge on any atom is 0.250 e. The highest BCUT2D eigenvalue weighted by Crippen LogP contribution is 2.30. The molecule has 9 heteroatoms. The van der Waals surface area contributed by atoms with E-state index in [1.54, 1.807) is 13.3 Å². The molecule has 1 amide bonds. The van der Waals surface area contributed by atoms with E-state index in [0.29, 0.717) is 11.0 Å². The highest BCUT2D eigenvalue weighted by atomic mass is 32.2. The molecule has 0 atom stereocenters. The van der Waals surface area contributed by atoms with Gasteiger partial charge in [-0.05, 0) is 74.0 Å². The number of thioether (sulfide) groups is 1. The molecule has 0 saturated heterocycles. The SMILES string of the molecule is CCn1c2ccccc2c2cc(/C=N\NC(=O)CSc3nnc(-c4ccc(OC)cc4)n3-c3ccc(C)cc3)ccc21. The predicted octanol–water partition coefficient (Wildman–Crippen LogP) is 6.62. The average molecular weight is 575 g/mol. The lowest BCUT2D eigenvalue weighted by Crippen LogP contribution is -2.20. The summed E-state index contributed by atoms with van der Waals surface area (Å²) in [5, 5.41) is 16.1. The number of carbonyl (C=O) groups excluding carboxylic acids is 1. The summed E-state index contributed by atoms with van der Waals surface area (Å²) in [4.78, 5) is 12.8. The quantitative estimate of drug-likeness (QED) is 0.119. The molecule has 6 rings (SSSR count). The minimum absolute atomic E-state index is 0.132. The predicted molar refractivity (Wildman–Crippen MR) is 170 cm³/mol. The number of rotatable bonds is 9. The van der Waals surface area contributed by atoms with Gasteiger partial charge >= 0.3 is 0 Å². The zero-order valence-electron chi connectivity index (χ0n) is 23.6. The lowest BCUT2D eigenvalue weighted by atomic mass is 10.1. The first-order valence-electron chi connectivity index (χ1n) is 13.7. The van der Waals surface area contributed by atoms with Crippen molar-refractivity contribution in [3.63, 3.8) is 0 Å². The molecule has 6 aromatic rings. The van der Waals surface area contributed by atoms with Crippen molar-refractivity contribution < 1.29 is 9.53 Å². The third kappa shape index (κ3) is 5.38. The highest BCUT2D eigenvalue weighted by Gasteiger charge is 2.17. The minimum Gasteiger partial charge on any atom is -0.497 e. The van der Waals surface area contributed by atoms with Gasteiger partial charge in [-0.25, -0.2) is 5.43 Å². The van der Waals surface area contributed by atoms with Crippen LogP contribution in [0.4, 0.5) is 0 Å². The summed E-state index contributed by atoms with van der Waals surface area (Å²) in [6, 6.07) is 30.4. The summed E-state index contributed by atoms with van der Waals surface area (Å²) in [5.41, 5.74) is 8.92. The van der Waals surface area contributed by atoms with Gasteiger partial charge in [0.05, 0.1) is 19.1 Å². The summed E-state index contributed by atoms with van der Waals surface area (Å²) in [6.45, 7) is 5.09. The number of hydrogen-bond donors (Lipinski definition) is 1. The Morgan fingerprint density at radius 3 is 2.48 bits per heavy atom. The van der Waals surface area contributed by atoms with Gasteiger partial charge in [0, 0.05) is 39.6 Å². The Labute approximate surface area is 248 Å². The largest absolute Gasteiger partial charge is 0.497 e. The van der Waals surface area contributed by atoms with Crippen LogP contribution in [0.25, 0.3) is 38.9 Å². The van der Waals surface area contributed by atoms with Crippen molar-refractivity contribution in [1.29, 1.82) is 0 Å². The second-order valence-electron chi connectivity index (χ2n) is 9.83. The highest BCUT2D eigenvalue weighted by molar-refractivity contribution is 7.99. The van der Waals surface area contributed by atoms with Gasteiger partial charge in [-0.3, -0.25) is 9.36 Å². The van der Waals surface area contributed by atoms with E-state index >= 15 is 0 Å². The first kappa shape index (κ1) is 27.3. The summed E-state index contributed by atoms with van der Waals surface area (Å²) in [7, 11) is 1.64. The van der Waals surface area contributed by atoms with Crippen LogP contribution >= 0.6 is 11.8 Å². The summed E-state index contributed by atoms with van der Waals surface area (Å²) in [6.07, 6.45) is 1.68. The molecule has 0 radical (unpaired) electrons. The second-order valence-corrected chi connectivity index (χ2v) is 10.8. The van der Waals surface area contributed by atoms with Gasteiger partial charge in [0.25, 0.3) is 5.91 Å². The van der Waals surface area contributed by atoms with E-state index in [1.807, 2.05) is 66.1 Å². The Hall–Kier alpha value is -4.89. The first-order chi connectivity index (χ1) is 20.6. The van der Waals surface area contributed by atoms with Crippen LogP contribution < -0.4 is 10.2 Å². The van der Waals surface area contributed by atoms with Crippen molar-refractivity contribution in [2.24, 2.45) is 5.10 Å². The zero-order valence-corrected chi connectivity index (χ0v) is 24.4. The van der Waals surface area contributed by atoms with Crippen LogP contribution in [0.15, 0.2) is 101 Å². The van der Waals surface area contributed by atoms with Crippen molar-refractivity contribution in [2.45, 2.75) is 25.5 Å². The van der Waals surface area contributed by atoms with Gasteiger partial charge in [0.1, 0.15) is 5.75 Å². The van der Waals surface area contributed by atoms with Gasteiger partial charge in [0.2, 0.25) is 0 Å². The van der Waals surface area contributed by atoms with Gasteiger partial charge in [0.15, 0.2) is 11.0 Å². The number of aromatic nitrogens is 4. The van der Waals surface area contributed by atoms with E-state index in [0.717, 1.165) is 34.7 Å². The number of nitrogens with zero attached hydrogens (tertiary/aromatic N) is 5. The topological polar surface area (TPSA) is 86.3 Å². The van der Waals surface area contributed by atoms with Crippen LogP contribution in [0.3, 0.4) is 0 Å². The molecule has 0 aliphatic rings. The molecule has 42 heavy (non-hydrogen) atoms. The van der Waals surface area contributed by atoms with Crippen LogP contribution in [0, 0.1) is 6.92 Å². The molecular formula is C33H30N6O2S.